The van der Waals surface area contributed by atoms with Crippen LogP contribution in [0.15, 0.2) is 33.2 Å². The Morgan fingerprint density at radius 1 is 1.22 bits per heavy atom. The number of carbonyl (C=O) groups is 1. The van der Waals surface area contributed by atoms with Gasteiger partial charge in [0.2, 0.25) is 0 Å². The van der Waals surface area contributed by atoms with Crippen molar-refractivity contribution < 1.29 is 18.3 Å². The fourth-order valence-corrected chi connectivity index (χ4v) is 6.01. The molecule has 1 aliphatic rings. The smallest absolute Gasteiger partial charge is 0.252 e. The van der Waals surface area contributed by atoms with Crippen LogP contribution < -0.4 is 5.11 Å². The number of thiophene rings is 2. The number of sulfonamides is 1. The number of carboxylic acids is 1. The molecule has 1 fully saturated rings. The lowest BCUT2D eigenvalue weighted by Crippen LogP contribution is -2.27. The van der Waals surface area contributed by atoms with E-state index in [4.69, 9.17) is 0 Å². The molecule has 2 aromatic heterocycles. The Hall–Kier alpha value is -1.48. The topological polar surface area (TPSA) is 77.5 Å². The molecular weight excluding hydrogens is 354 g/mol. The lowest BCUT2D eigenvalue weighted by atomic mass is 10.1. The van der Waals surface area contributed by atoms with Crippen molar-refractivity contribution in [2.45, 2.75) is 17.1 Å². The highest BCUT2D eigenvalue weighted by atomic mass is 32.2. The fraction of sp³-hybridized carbons (Fsp3) is 0.267. The first-order valence-electron chi connectivity index (χ1n) is 7.04. The predicted molar refractivity (Wildman–Crippen MR) is 89.5 cm³/mol. The molecule has 0 amide bonds. The molecular formula is C15H14NO4S3-. The zero-order valence-corrected chi connectivity index (χ0v) is 14.5. The molecule has 1 saturated heterocycles. The van der Waals surface area contributed by atoms with Crippen molar-refractivity contribution in [3.8, 4) is 0 Å². The summed E-state index contributed by atoms with van der Waals surface area (Å²) in [6, 6.07) is 4.79. The highest BCUT2D eigenvalue weighted by molar-refractivity contribution is 7.91. The van der Waals surface area contributed by atoms with Crippen LogP contribution in [-0.4, -0.2) is 31.8 Å². The molecule has 0 unspecified atom stereocenters. The Labute approximate surface area is 142 Å². The van der Waals surface area contributed by atoms with E-state index in [0.29, 0.717) is 18.0 Å². The number of aliphatic carboxylic acids is 1. The zero-order valence-electron chi connectivity index (χ0n) is 12.1. The van der Waals surface area contributed by atoms with Crippen molar-refractivity contribution in [2.75, 3.05) is 13.1 Å². The predicted octanol–water partition coefficient (Wildman–Crippen LogP) is 1.88. The molecule has 23 heavy (non-hydrogen) atoms. The second-order valence-electron chi connectivity index (χ2n) is 5.13. The average Bonchev–Trinajstić information content (AvgIpc) is 3.24. The Morgan fingerprint density at radius 2 is 1.96 bits per heavy atom. The minimum Gasteiger partial charge on any atom is -0.545 e. The average molecular weight is 368 g/mol. The van der Waals surface area contributed by atoms with Gasteiger partial charge < -0.3 is 9.90 Å². The summed E-state index contributed by atoms with van der Waals surface area (Å²) >= 11 is 2.43. The van der Waals surface area contributed by atoms with Gasteiger partial charge in [0.05, 0.1) is 5.97 Å². The van der Waals surface area contributed by atoms with E-state index >= 15 is 0 Å². The second kappa shape index (κ2) is 6.56. The normalized spacial score (nSPS) is 16.8. The van der Waals surface area contributed by atoms with Gasteiger partial charge in [-0.2, -0.15) is 15.6 Å². The summed E-state index contributed by atoms with van der Waals surface area (Å²) in [5.74, 6) is -1.32. The van der Waals surface area contributed by atoms with Crippen molar-refractivity contribution in [3.63, 3.8) is 0 Å². The van der Waals surface area contributed by atoms with Gasteiger partial charge in [-0.05, 0) is 53.4 Å². The third-order valence-electron chi connectivity index (χ3n) is 3.58. The monoisotopic (exact) mass is 368 g/mol. The lowest BCUT2D eigenvalue weighted by Gasteiger charge is -2.13. The van der Waals surface area contributed by atoms with E-state index in [0.717, 1.165) is 29.7 Å². The summed E-state index contributed by atoms with van der Waals surface area (Å²) in [6.45, 7) is 1.04. The Morgan fingerprint density at radius 3 is 2.57 bits per heavy atom. The summed E-state index contributed by atoms with van der Waals surface area (Å²) in [4.78, 5) is 11.8. The molecule has 0 radical (unpaired) electrons. The molecule has 2 aromatic rings. The number of nitrogens with zero attached hydrogens (tertiary/aromatic N) is 1. The molecule has 0 aliphatic carbocycles. The quantitative estimate of drug-likeness (QED) is 0.755. The number of carbonyl (C=O) groups excluding carboxylic acids is 1. The Bertz CT molecular complexity index is 828. The minimum atomic E-state index is -3.53. The highest BCUT2D eigenvalue weighted by Crippen LogP contribution is 2.31. The molecule has 122 valence electrons. The van der Waals surface area contributed by atoms with E-state index in [-0.39, 0.29) is 9.78 Å². The molecule has 0 aromatic carbocycles. The first-order chi connectivity index (χ1) is 11.0. The third-order valence-corrected chi connectivity index (χ3v) is 7.77. The van der Waals surface area contributed by atoms with Crippen molar-refractivity contribution in [2.24, 2.45) is 0 Å². The van der Waals surface area contributed by atoms with Crippen LogP contribution in [0.4, 0.5) is 0 Å². The minimum absolute atomic E-state index is 0.00345. The molecule has 3 rings (SSSR count). The number of hydrogen-bond acceptors (Lipinski definition) is 6. The van der Waals surface area contributed by atoms with Crippen molar-refractivity contribution in [1.82, 2.24) is 4.31 Å². The van der Waals surface area contributed by atoms with Crippen molar-refractivity contribution >= 4 is 50.3 Å². The maximum absolute atomic E-state index is 12.5. The standard InChI is InChI=1S/C15H15NO4S3/c17-15(18)12(9-11-5-8-21-10-11)13-3-4-14(22-13)23(19,20)16-6-1-2-7-16/h3-5,8-10H,1-2,6-7H2,(H,17,18)/p-1/b12-9-. The van der Waals surface area contributed by atoms with Gasteiger partial charge in [0.15, 0.2) is 0 Å². The maximum Gasteiger partial charge on any atom is 0.252 e. The van der Waals surface area contributed by atoms with Crippen LogP contribution in [-0.2, 0) is 14.8 Å². The lowest BCUT2D eigenvalue weighted by molar-refractivity contribution is -0.295. The Balaban J connectivity index is 1.95. The third kappa shape index (κ3) is 3.40. The molecule has 8 heteroatoms. The first kappa shape index (κ1) is 16.4. The summed E-state index contributed by atoms with van der Waals surface area (Å²) in [5, 5.41) is 15.1. The van der Waals surface area contributed by atoms with Gasteiger partial charge in [-0.25, -0.2) is 8.42 Å². The summed E-state index contributed by atoms with van der Waals surface area (Å²) < 4.78 is 26.6. The van der Waals surface area contributed by atoms with Crippen LogP contribution in [0, 0.1) is 0 Å². The summed E-state index contributed by atoms with van der Waals surface area (Å²) in [7, 11) is -3.53. The number of carboxylic acid groups (broad SMARTS) is 1. The molecule has 3 heterocycles. The molecule has 5 nitrogen and oxygen atoms in total. The molecule has 0 bridgehead atoms. The largest absolute Gasteiger partial charge is 0.545 e. The zero-order chi connectivity index (χ0) is 16.4. The van der Waals surface area contributed by atoms with Gasteiger partial charge >= 0.3 is 0 Å². The summed E-state index contributed by atoms with van der Waals surface area (Å²) in [6.07, 6.45) is 3.23. The molecule has 0 saturated carbocycles. The fourth-order valence-electron chi connectivity index (χ4n) is 2.41. The van der Waals surface area contributed by atoms with Crippen molar-refractivity contribution in [1.29, 1.82) is 0 Å². The molecule has 0 spiro atoms. The molecule has 0 atom stereocenters. The van der Waals surface area contributed by atoms with E-state index in [1.807, 2.05) is 10.8 Å². The number of rotatable bonds is 5. The van der Waals surface area contributed by atoms with E-state index in [1.165, 1.54) is 33.9 Å². The van der Waals surface area contributed by atoms with Crippen LogP contribution in [0.5, 0.6) is 0 Å². The highest BCUT2D eigenvalue weighted by Gasteiger charge is 2.28. The second-order valence-corrected chi connectivity index (χ2v) is 9.16. The number of hydrogen-bond donors (Lipinski definition) is 0. The van der Waals surface area contributed by atoms with Gasteiger partial charge in [-0.3, -0.25) is 0 Å². The van der Waals surface area contributed by atoms with E-state index in [1.54, 1.807) is 6.07 Å². The van der Waals surface area contributed by atoms with E-state index in [2.05, 4.69) is 0 Å². The van der Waals surface area contributed by atoms with E-state index < -0.39 is 16.0 Å². The van der Waals surface area contributed by atoms with Gasteiger partial charge in [0, 0.05) is 23.5 Å². The van der Waals surface area contributed by atoms with Crippen LogP contribution in [0.1, 0.15) is 23.3 Å². The van der Waals surface area contributed by atoms with Crippen LogP contribution in [0.25, 0.3) is 11.6 Å². The van der Waals surface area contributed by atoms with Gasteiger partial charge in [0.25, 0.3) is 10.0 Å². The summed E-state index contributed by atoms with van der Waals surface area (Å²) in [5.41, 5.74) is 0.753. The molecule has 1 aliphatic heterocycles. The first-order valence-corrected chi connectivity index (χ1v) is 10.2. The maximum atomic E-state index is 12.5. The van der Waals surface area contributed by atoms with Crippen LogP contribution in [0.3, 0.4) is 0 Å². The van der Waals surface area contributed by atoms with Gasteiger partial charge in [-0.15, -0.1) is 11.3 Å². The van der Waals surface area contributed by atoms with Crippen molar-refractivity contribution in [3.05, 3.63) is 39.4 Å². The van der Waals surface area contributed by atoms with E-state index in [9.17, 15) is 18.3 Å². The Kier molecular flexibility index (Phi) is 4.67. The van der Waals surface area contributed by atoms with Gasteiger partial charge in [0.1, 0.15) is 4.21 Å². The van der Waals surface area contributed by atoms with Gasteiger partial charge in [-0.1, -0.05) is 0 Å². The molecule has 0 N–H and O–H groups in total. The van der Waals surface area contributed by atoms with Crippen LogP contribution >= 0.6 is 22.7 Å². The van der Waals surface area contributed by atoms with Crippen LogP contribution in [0.2, 0.25) is 0 Å². The SMILES string of the molecule is O=C([O-])/C(=C\c1ccsc1)c1ccc(S(=O)(=O)N2CCCC2)s1.